The molecule has 2 fully saturated rings. The van der Waals surface area contributed by atoms with E-state index in [1.54, 1.807) is 6.92 Å². The molecule has 0 radical (unpaired) electrons. The molecule has 1 saturated carbocycles. The smallest absolute Gasteiger partial charge is 0.339 e. The second-order valence-corrected chi connectivity index (χ2v) is 13.1. The van der Waals surface area contributed by atoms with Gasteiger partial charge in [-0.15, -0.1) is 0 Å². The summed E-state index contributed by atoms with van der Waals surface area (Å²) in [6.45, 7) is 16.4. The topological polar surface area (TPSA) is 107 Å². The number of carboxylic acids is 1. The van der Waals surface area contributed by atoms with Gasteiger partial charge in [0.25, 0.3) is 0 Å². The van der Waals surface area contributed by atoms with Crippen LogP contribution in [0.1, 0.15) is 60.4 Å². The lowest BCUT2D eigenvalue weighted by molar-refractivity contribution is -0.148. The summed E-state index contributed by atoms with van der Waals surface area (Å²) in [5, 5.41) is 10.5. The van der Waals surface area contributed by atoms with E-state index in [4.69, 9.17) is 23.7 Å². The highest BCUT2D eigenvalue weighted by atomic mass is 16.6. The van der Waals surface area contributed by atoms with Crippen LogP contribution in [0, 0.1) is 26.7 Å². The van der Waals surface area contributed by atoms with Crippen molar-refractivity contribution < 1.29 is 38.4 Å². The number of nitrogens with zero attached hydrogens (tertiary/aromatic N) is 2. The summed E-state index contributed by atoms with van der Waals surface area (Å²) in [5.41, 5.74) is 5.06. The van der Waals surface area contributed by atoms with Gasteiger partial charge >= 0.3 is 11.9 Å². The summed E-state index contributed by atoms with van der Waals surface area (Å²) >= 11 is 0. The van der Waals surface area contributed by atoms with Gasteiger partial charge in [0.15, 0.2) is 0 Å². The van der Waals surface area contributed by atoms with Crippen LogP contribution in [0.15, 0.2) is 48.2 Å². The molecule has 1 saturated heterocycles. The first-order valence-electron chi connectivity index (χ1n) is 17.8. The Kier molecular flexibility index (Phi) is 16.0. The SMILES string of the molecule is CCOC(=O)COCCN1CCN(CCOCCOC2CCC(/C(OCc3ccccc3)=C(\C(=O)O)c3c(C)cc(C)cc3C)CC2)CC1. The van der Waals surface area contributed by atoms with Gasteiger partial charge in [0.2, 0.25) is 0 Å². The minimum Gasteiger partial charge on any atom is -0.492 e. The number of esters is 1. The Bertz CT molecular complexity index is 1330. The van der Waals surface area contributed by atoms with Gasteiger partial charge in [0.1, 0.15) is 24.5 Å². The molecule has 4 rings (SSSR count). The number of benzene rings is 2. The number of hydrogen-bond acceptors (Lipinski definition) is 9. The van der Waals surface area contributed by atoms with Crippen LogP contribution >= 0.6 is 0 Å². The van der Waals surface area contributed by atoms with Crippen LogP contribution < -0.4 is 0 Å². The third-order valence-electron chi connectivity index (χ3n) is 9.34. The predicted octanol–water partition coefficient (Wildman–Crippen LogP) is 5.41. The Labute approximate surface area is 292 Å². The molecule has 0 spiro atoms. The van der Waals surface area contributed by atoms with Gasteiger partial charge in [-0.3, -0.25) is 9.80 Å². The van der Waals surface area contributed by atoms with Crippen molar-refractivity contribution in [1.82, 2.24) is 9.80 Å². The monoisotopic (exact) mass is 680 g/mol. The number of aliphatic carboxylic acids is 1. The maximum absolute atomic E-state index is 12.9. The van der Waals surface area contributed by atoms with Gasteiger partial charge in [-0.05, 0) is 75.6 Å². The van der Waals surface area contributed by atoms with Crippen molar-refractivity contribution in [2.75, 3.05) is 78.9 Å². The largest absolute Gasteiger partial charge is 0.492 e. The molecule has 1 aliphatic heterocycles. The Balaban J connectivity index is 1.19. The van der Waals surface area contributed by atoms with Gasteiger partial charge in [-0.1, -0.05) is 48.0 Å². The van der Waals surface area contributed by atoms with Crippen LogP contribution in [-0.4, -0.2) is 112 Å². The highest BCUT2D eigenvalue weighted by Gasteiger charge is 2.31. The Morgan fingerprint density at radius 3 is 2.00 bits per heavy atom. The highest BCUT2D eigenvalue weighted by molar-refractivity contribution is 6.17. The fourth-order valence-corrected chi connectivity index (χ4v) is 6.89. The number of ether oxygens (including phenoxy) is 5. The minimum atomic E-state index is -0.951. The maximum Gasteiger partial charge on any atom is 0.339 e. The van der Waals surface area contributed by atoms with Crippen molar-refractivity contribution in [1.29, 1.82) is 0 Å². The van der Waals surface area contributed by atoms with Crippen molar-refractivity contribution in [2.24, 2.45) is 5.92 Å². The van der Waals surface area contributed by atoms with Crippen LogP contribution in [0.4, 0.5) is 0 Å². The lowest BCUT2D eigenvalue weighted by Gasteiger charge is -2.34. The summed E-state index contributed by atoms with van der Waals surface area (Å²) < 4.78 is 28.9. The van der Waals surface area contributed by atoms with Crippen LogP contribution in [0.3, 0.4) is 0 Å². The number of carbonyl (C=O) groups excluding carboxylic acids is 1. The first-order valence-corrected chi connectivity index (χ1v) is 17.8. The number of hydrogen-bond donors (Lipinski definition) is 1. The van der Waals surface area contributed by atoms with Crippen LogP contribution in [0.2, 0.25) is 0 Å². The highest BCUT2D eigenvalue weighted by Crippen LogP contribution is 2.38. The summed E-state index contributed by atoms with van der Waals surface area (Å²) in [4.78, 5) is 29.0. The molecular formula is C39H56N2O8. The standard InChI is InChI=1S/C39H56N2O8/c1-5-47-35(42)28-46-22-20-41-17-15-40(16-18-41)19-21-45-23-24-48-34-13-11-33(12-14-34)38(49-27-32-9-7-6-8-10-32)37(39(43)44)36-30(3)25-29(2)26-31(36)4/h6-10,25-26,33-34H,5,11-24,27-28H2,1-4H3,(H,43,44)/b38-37+. The Morgan fingerprint density at radius 2 is 1.41 bits per heavy atom. The van der Waals surface area contributed by atoms with E-state index >= 15 is 0 Å². The van der Waals surface area contributed by atoms with E-state index in [-0.39, 0.29) is 30.2 Å². The Morgan fingerprint density at radius 1 is 0.796 bits per heavy atom. The third-order valence-corrected chi connectivity index (χ3v) is 9.34. The normalized spacial score (nSPS) is 19.3. The van der Waals surface area contributed by atoms with E-state index in [1.165, 1.54) is 0 Å². The number of allylic oxidation sites excluding steroid dienone is 1. The summed E-state index contributed by atoms with van der Waals surface area (Å²) in [6.07, 6.45) is 3.43. The molecule has 2 aliphatic rings. The second kappa shape index (κ2) is 20.4. The molecule has 10 heteroatoms. The van der Waals surface area contributed by atoms with Crippen molar-refractivity contribution >= 4 is 17.5 Å². The molecule has 2 aromatic rings. The van der Waals surface area contributed by atoms with Crippen molar-refractivity contribution in [3.63, 3.8) is 0 Å². The number of carbonyl (C=O) groups is 2. The van der Waals surface area contributed by atoms with Crippen LogP contribution in [0.5, 0.6) is 0 Å². The molecule has 10 nitrogen and oxygen atoms in total. The van der Waals surface area contributed by atoms with E-state index in [9.17, 15) is 14.7 Å². The van der Waals surface area contributed by atoms with E-state index in [1.807, 2.05) is 63.2 Å². The van der Waals surface area contributed by atoms with E-state index < -0.39 is 5.97 Å². The van der Waals surface area contributed by atoms with E-state index in [0.717, 1.165) is 92.8 Å². The summed E-state index contributed by atoms with van der Waals surface area (Å²) in [7, 11) is 0. The quantitative estimate of drug-likeness (QED) is 0.0896. The van der Waals surface area contributed by atoms with Crippen LogP contribution in [0.25, 0.3) is 5.57 Å². The lowest BCUT2D eigenvalue weighted by Crippen LogP contribution is -2.48. The van der Waals surface area contributed by atoms with Crippen LogP contribution in [-0.2, 0) is 39.9 Å². The Hall–Kier alpha value is -3.28. The molecule has 270 valence electrons. The zero-order valence-electron chi connectivity index (χ0n) is 29.9. The molecule has 0 atom stereocenters. The molecule has 0 aromatic heterocycles. The molecule has 49 heavy (non-hydrogen) atoms. The van der Waals surface area contributed by atoms with Gasteiger partial charge in [0.05, 0.1) is 39.1 Å². The molecule has 0 unspecified atom stereocenters. The fourth-order valence-electron chi connectivity index (χ4n) is 6.89. The first-order chi connectivity index (χ1) is 23.7. The van der Waals surface area contributed by atoms with Gasteiger partial charge < -0.3 is 28.8 Å². The summed E-state index contributed by atoms with van der Waals surface area (Å²) in [6, 6.07) is 14.0. The molecule has 1 N–H and O–H groups in total. The third kappa shape index (κ3) is 12.5. The number of rotatable bonds is 19. The average molecular weight is 681 g/mol. The number of carboxylic acid groups (broad SMARTS) is 1. The zero-order chi connectivity index (χ0) is 35.0. The molecule has 2 aromatic carbocycles. The van der Waals surface area contributed by atoms with Gasteiger partial charge in [0, 0.05) is 45.2 Å². The molecule has 1 aliphatic carbocycles. The number of piperazine rings is 1. The van der Waals surface area contributed by atoms with E-state index in [2.05, 4.69) is 9.80 Å². The molecule has 0 bridgehead atoms. The predicted molar refractivity (Wildman–Crippen MR) is 189 cm³/mol. The first kappa shape index (κ1) is 38.5. The molecule has 1 heterocycles. The minimum absolute atomic E-state index is 0.00334. The average Bonchev–Trinajstić information content (AvgIpc) is 3.08. The second-order valence-electron chi connectivity index (χ2n) is 13.1. The lowest BCUT2D eigenvalue weighted by atomic mass is 9.82. The van der Waals surface area contributed by atoms with Gasteiger partial charge in [-0.25, -0.2) is 9.59 Å². The van der Waals surface area contributed by atoms with Crippen molar-refractivity contribution in [3.8, 4) is 0 Å². The van der Waals surface area contributed by atoms with Crippen molar-refractivity contribution in [3.05, 3.63) is 76.0 Å². The fraction of sp³-hybridized carbons (Fsp3) is 0.590. The molecular weight excluding hydrogens is 624 g/mol. The van der Waals surface area contributed by atoms with E-state index in [0.29, 0.717) is 45.4 Å². The molecule has 0 amide bonds. The van der Waals surface area contributed by atoms with Gasteiger partial charge in [-0.2, -0.15) is 0 Å². The van der Waals surface area contributed by atoms with Crippen molar-refractivity contribution in [2.45, 2.75) is 66.1 Å². The summed E-state index contributed by atoms with van der Waals surface area (Å²) in [5.74, 6) is -0.681. The maximum atomic E-state index is 12.9. The zero-order valence-corrected chi connectivity index (χ0v) is 29.9. The number of aryl methyl sites for hydroxylation is 3.